The topological polar surface area (TPSA) is 106 Å². The zero-order chi connectivity index (χ0) is 24.2. The van der Waals surface area contributed by atoms with E-state index in [1.54, 1.807) is 68.6 Å². The van der Waals surface area contributed by atoms with E-state index >= 15 is 0 Å². The van der Waals surface area contributed by atoms with Gasteiger partial charge in [0.2, 0.25) is 5.91 Å². The number of fused-ring (bicyclic) bond motifs is 2. The average Bonchev–Trinajstić information content (AvgIpc) is 2.86. The number of amides is 3. The normalized spacial score (nSPS) is 21.8. The van der Waals surface area contributed by atoms with Crippen molar-refractivity contribution in [2.24, 2.45) is 0 Å². The van der Waals surface area contributed by atoms with Crippen molar-refractivity contribution in [2.75, 3.05) is 33.1 Å². The summed E-state index contributed by atoms with van der Waals surface area (Å²) in [4.78, 5) is 39.4. The highest BCUT2D eigenvalue weighted by atomic mass is 16.5. The Morgan fingerprint density at radius 1 is 1.15 bits per heavy atom. The van der Waals surface area contributed by atoms with E-state index in [2.05, 4.69) is 10.6 Å². The van der Waals surface area contributed by atoms with Crippen LogP contribution in [0, 0.1) is 0 Å². The predicted molar refractivity (Wildman–Crippen MR) is 125 cm³/mol. The lowest BCUT2D eigenvalue weighted by molar-refractivity contribution is -0.133. The minimum absolute atomic E-state index is 0.0748. The summed E-state index contributed by atoms with van der Waals surface area (Å²) < 4.78 is 17.2. The standard InChI is InChI=1S/C25H29N3O6/c1-26-23(29)13-18-9-10-20-22(34-18)14-33-21-11-6-16(12-19(21)25(31)28(20)2)27-24(30)15-4-7-17(32-3)8-5-15/h4-8,11-12,18,20,22H,9-10,13-14H2,1-3H3,(H,26,29)(H,27,30)/t18-,20-,22-/m1/s1. The Balaban J connectivity index is 1.50. The predicted octanol–water partition coefficient (Wildman–Crippen LogP) is 2.46. The molecule has 2 aliphatic heterocycles. The maximum Gasteiger partial charge on any atom is 0.257 e. The summed E-state index contributed by atoms with van der Waals surface area (Å²) in [6.07, 6.45) is 1.13. The number of nitrogens with one attached hydrogen (secondary N) is 2. The van der Waals surface area contributed by atoms with Gasteiger partial charge in [-0.15, -0.1) is 0 Å². The highest BCUT2D eigenvalue weighted by molar-refractivity contribution is 6.05. The monoisotopic (exact) mass is 467 g/mol. The third kappa shape index (κ3) is 4.99. The van der Waals surface area contributed by atoms with Gasteiger partial charge in [-0.3, -0.25) is 14.4 Å². The van der Waals surface area contributed by atoms with Crippen molar-refractivity contribution in [2.45, 2.75) is 37.5 Å². The van der Waals surface area contributed by atoms with Gasteiger partial charge in [0.05, 0.1) is 31.2 Å². The van der Waals surface area contributed by atoms with Crippen LogP contribution in [-0.2, 0) is 9.53 Å². The van der Waals surface area contributed by atoms with E-state index in [0.29, 0.717) is 41.2 Å². The fraction of sp³-hybridized carbons (Fsp3) is 0.400. The molecule has 3 amide bonds. The molecule has 2 N–H and O–H groups in total. The highest BCUT2D eigenvalue weighted by Gasteiger charge is 2.39. The van der Waals surface area contributed by atoms with Gasteiger partial charge in [-0.2, -0.15) is 0 Å². The molecule has 9 nitrogen and oxygen atoms in total. The van der Waals surface area contributed by atoms with Crippen LogP contribution in [0.1, 0.15) is 40.0 Å². The first kappa shape index (κ1) is 23.6. The molecular formula is C25H29N3O6. The van der Waals surface area contributed by atoms with E-state index < -0.39 is 0 Å². The SMILES string of the molecule is CNC(=O)C[C@H]1CC[C@@H]2[C@@H](COc3ccc(NC(=O)c4ccc(OC)cc4)cc3C(=O)N2C)O1. The molecule has 9 heteroatoms. The summed E-state index contributed by atoms with van der Waals surface area (Å²) in [7, 11) is 4.91. The molecule has 4 rings (SSSR count). The van der Waals surface area contributed by atoms with Crippen molar-refractivity contribution in [1.29, 1.82) is 0 Å². The number of hydrogen-bond donors (Lipinski definition) is 2. The van der Waals surface area contributed by atoms with Gasteiger partial charge in [0.1, 0.15) is 24.2 Å². The molecule has 0 spiro atoms. The Bertz CT molecular complexity index is 1070. The van der Waals surface area contributed by atoms with Crippen molar-refractivity contribution in [3.05, 3.63) is 53.6 Å². The van der Waals surface area contributed by atoms with Gasteiger partial charge < -0.3 is 29.7 Å². The van der Waals surface area contributed by atoms with Crippen molar-refractivity contribution < 1.29 is 28.6 Å². The molecule has 3 atom stereocenters. The van der Waals surface area contributed by atoms with Crippen LogP contribution in [0.25, 0.3) is 0 Å². The van der Waals surface area contributed by atoms with Gasteiger partial charge in [-0.1, -0.05) is 0 Å². The Morgan fingerprint density at radius 2 is 1.91 bits per heavy atom. The fourth-order valence-corrected chi connectivity index (χ4v) is 4.36. The minimum Gasteiger partial charge on any atom is -0.497 e. The number of carbonyl (C=O) groups excluding carboxylic acids is 3. The van der Waals surface area contributed by atoms with Gasteiger partial charge in [0.25, 0.3) is 11.8 Å². The number of carbonyl (C=O) groups is 3. The van der Waals surface area contributed by atoms with Gasteiger partial charge in [0, 0.05) is 25.3 Å². The lowest BCUT2D eigenvalue weighted by Gasteiger charge is -2.42. The van der Waals surface area contributed by atoms with Gasteiger partial charge >= 0.3 is 0 Å². The molecular weight excluding hydrogens is 438 g/mol. The summed E-state index contributed by atoms with van der Waals surface area (Å²) in [5, 5.41) is 5.45. The molecule has 2 heterocycles. The molecule has 1 fully saturated rings. The van der Waals surface area contributed by atoms with Crippen LogP contribution in [0.5, 0.6) is 11.5 Å². The molecule has 34 heavy (non-hydrogen) atoms. The Kier molecular flexibility index (Phi) is 7.02. The van der Waals surface area contributed by atoms with Crippen LogP contribution in [0.4, 0.5) is 5.69 Å². The number of ether oxygens (including phenoxy) is 3. The third-order valence-corrected chi connectivity index (χ3v) is 6.31. The fourth-order valence-electron chi connectivity index (χ4n) is 4.36. The summed E-state index contributed by atoms with van der Waals surface area (Å²) in [5.74, 6) is 0.508. The lowest BCUT2D eigenvalue weighted by Crippen LogP contribution is -2.53. The molecule has 0 aliphatic carbocycles. The molecule has 0 bridgehead atoms. The molecule has 2 aromatic carbocycles. The number of nitrogens with zero attached hydrogens (tertiary/aromatic N) is 1. The lowest BCUT2D eigenvalue weighted by atomic mass is 9.94. The van der Waals surface area contributed by atoms with Crippen molar-refractivity contribution in [3.8, 4) is 11.5 Å². The smallest absolute Gasteiger partial charge is 0.257 e. The minimum atomic E-state index is -0.333. The van der Waals surface area contributed by atoms with E-state index in [9.17, 15) is 14.4 Å². The third-order valence-electron chi connectivity index (χ3n) is 6.31. The van der Waals surface area contributed by atoms with Crippen LogP contribution in [0.3, 0.4) is 0 Å². The summed E-state index contributed by atoms with van der Waals surface area (Å²) in [6, 6.07) is 11.6. The van der Waals surface area contributed by atoms with E-state index in [1.165, 1.54) is 0 Å². The summed E-state index contributed by atoms with van der Waals surface area (Å²) >= 11 is 0. The van der Waals surface area contributed by atoms with E-state index in [4.69, 9.17) is 14.2 Å². The van der Waals surface area contributed by atoms with Crippen molar-refractivity contribution in [3.63, 3.8) is 0 Å². The van der Waals surface area contributed by atoms with Crippen LogP contribution >= 0.6 is 0 Å². The first-order chi connectivity index (χ1) is 16.4. The second-order valence-corrected chi connectivity index (χ2v) is 8.44. The largest absolute Gasteiger partial charge is 0.497 e. The molecule has 0 saturated carbocycles. The molecule has 1 saturated heterocycles. The second-order valence-electron chi connectivity index (χ2n) is 8.44. The first-order valence-electron chi connectivity index (χ1n) is 11.2. The zero-order valence-corrected chi connectivity index (χ0v) is 19.5. The molecule has 0 radical (unpaired) electrons. The quantitative estimate of drug-likeness (QED) is 0.700. The number of methoxy groups -OCH3 is 1. The van der Waals surface area contributed by atoms with Gasteiger partial charge in [-0.05, 0) is 55.3 Å². The Morgan fingerprint density at radius 3 is 2.62 bits per heavy atom. The maximum atomic E-state index is 13.3. The number of benzene rings is 2. The van der Waals surface area contributed by atoms with Crippen molar-refractivity contribution >= 4 is 23.4 Å². The van der Waals surface area contributed by atoms with E-state index in [1.807, 2.05) is 0 Å². The molecule has 0 aromatic heterocycles. The molecule has 2 aromatic rings. The number of anilines is 1. The van der Waals surface area contributed by atoms with E-state index in [0.717, 1.165) is 0 Å². The summed E-state index contributed by atoms with van der Waals surface area (Å²) in [6.45, 7) is 0.261. The number of hydrogen-bond acceptors (Lipinski definition) is 6. The van der Waals surface area contributed by atoms with Crippen molar-refractivity contribution in [1.82, 2.24) is 10.2 Å². The molecule has 180 valence electrons. The second kappa shape index (κ2) is 10.1. The van der Waals surface area contributed by atoms with Crippen LogP contribution < -0.4 is 20.1 Å². The maximum absolute atomic E-state index is 13.3. The van der Waals surface area contributed by atoms with Crippen LogP contribution in [-0.4, -0.2) is 68.7 Å². The highest BCUT2D eigenvalue weighted by Crippen LogP contribution is 2.32. The van der Waals surface area contributed by atoms with Crippen LogP contribution in [0.2, 0.25) is 0 Å². The summed E-state index contributed by atoms with van der Waals surface area (Å²) in [5.41, 5.74) is 1.34. The number of rotatable bonds is 5. The van der Waals surface area contributed by atoms with Crippen LogP contribution in [0.15, 0.2) is 42.5 Å². The van der Waals surface area contributed by atoms with Gasteiger partial charge in [0.15, 0.2) is 0 Å². The van der Waals surface area contributed by atoms with Gasteiger partial charge in [-0.25, -0.2) is 0 Å². The molecule has 0 unspecified atom stereocenters. The Labute approximate surface area is 198 Å². The first-order valence-corrected chi connectivity index (χ1v) is 11.2. The number of likely N-dealkylation sites (N-methyl/N-ethyl adjacent to an activating group) is 1. The zero-order valence-electron chi connectivity index (χ0n) is 19.5. The van der Waals surface area contributed by atoms with E-state index in [-0.39, 0.29) is 49.0 Å². The Hall–Kier alpha value is -3.59. The molecule has 2 aliphatic rings. The average molecular weight is 468 g/mol.